The predicted octanol–water partition coefficient (Wildman–Crippen LogP) is 4.43. The SMILES string of the molecule is Cc1ccc([N+](=O)[O-])cc1NC(=O)[C@H](C)Oc1ccc(C(C)C)cc1. The minimum absolute atomic E-state index is 0.0706. The summed E-state index contributed by atoms with van der Waals surface area (Å²) in [6, 6.07) is 11.9. The van der Waals surface area contributed by atoms with E-state index in [0.717, 1.165) is 5.56 Å². The Balaban J connectivity index is 2.05. The van der Waals surface area contributed by atoms with E-state index in [0.29, 0.717) is 17.4 Å². The van der Waals surface area contributed by atoms with Gasteiger partial charge in [-0.15, -0.1) is 0 Å². The average molecular weight is 342 g/mol. The molecule has 0 aromatic heterocycles. The Labute approximate surface area is 147 Å². The van der Waals surface area contributed by atoms with Crippen LogP contribution in [-0.2, 0) is 4.79 Å². The van der Waals surface area contributed by atoms with Crippen molar-refractivity contribution in [3.8, 4) is 5.75 Å². The van der Waals surface area contributed by atoms with Gasteiger partial charge in [0, 0.05) is 12.1 Å². The fourth-order valence-corrected chi connectivity index (χ4v) is 2.28. The van der Waals surface area contributed by atoms with Gasteiger partial charge in [0.1, 0.15) is 5.75 Å². The number of ether oxygens (including phenoxy) is 1. The van der Waals surface area contributed by atoms with Gasteiger partial charge in [0.15, 0.2) is 6.10 Å². The largest absolute Gasteiger partial charge is 0.481 e. The van der Waals surface area contributed by atoms with Gasteiger partial charge in [-0.2, -0.15) is 0 Å². The number of non-ortho nitro benzene ring substituents is 1. The lowest BCUT2D eigenvalue weighted by atomic mass is 10.0. The van der Waals surface area contributed by atoms with Gasteiger partial charge >= 0.3 is 0 Å². The van der Waals surface area contributed by atoms with Gasteiger partial charge < -0.3 is 10.1 Å². The summed E-state index contributed by atoms with van der Waals surface area (Å²) in [6.45, 7) is 7.62. The maximum Gasteiger partial charge on any atom is 0.271 e. The standard InChI is InChI=1S/C19H22N2O4/c1-12(2)15-6-9-17(10-7-15)25-14(4)19(22)20-18-11-16(21(23)24)8-5-13(18)3/h5-12,14H,1-4H3,(H,20,22)/t14-/m0/s1. The Morgan fingerprint density at radius 1 is 1.12 bits per heavy atom. The van der Waals surface area contributed by atoms with Crippen LogP contribution in [-0.4, -0.2) is 16.9 Å². The molecule has 0 saturated heterocycles. The zero-order chi connectivity index (χ0) is 18.6. The van der Waals surface area contributed by atoms with Crippen molar-refractivity contribution >= 4 is 17.3 Å². The van der Waals surface area contributed by atoms with Crippen LogP contribution in [0.4, 0.5) is 11.4 Å². The van der Waals surface area contributed by atoms with Gasteiger partial charge in [-0.25, -0.2) is 0 Å². The topological polar surface area (TPSA) is 81.5 Å². The van der Waals surface area contributed by atoms with Crippen LogP contribution in [0.1, 0.15) is 37.8 Å². The Morgan fingerprint density at radius 2 is 1.76 bits per heavy atom. The van der Waals surface area contributed by atoms with E-state index in [1.807, 2.05) is 24.3 Å². The first kappa shape index (κ1) is 18.4. The minimum atomic E-state index is -0.733. The zero-order valence-corrected chi connectivity index (χ0v) is 14.8. The number of nitrogens with zero attached hydrogens (tertiary/aromatic N) is 1. The monoisotopic (exact) mass is 342 g/mol. The lowest BCUT2D eigenvalue weighted by molar-refractivity contribution is -0.384. The van der Waals surface area contributed by atoms with Crippen LogP contribution in [0.15, 0.2) is 42.5 Å². The van der Waals surface area contributed by atoms with Gasteiger partial charge in [-0.3, -0.25) is 14.9 Å². The number of nitro benzene ring substituents is 1. The van der Waals surface area contributed by atoms with Crippen molar-refractivity contribution in [1.29, 1.82) is 0 Å². The fraction of sp³-hybridized carbons (Fsp3) is 0.316. The highest BCUT2D eigenvalue weighted by molar-refractivity contribution is 5.95. The van der Waals surface area contributed by atoms with Gasteiger partial charge in [0.25, 0.3) is 11.6 Å². The average Bonchev–Trinajstić information content (AvgIpc) is 2.57. The Hall–Kier alpha value is -2.89. The number of nitrogens with one attached hydrogen (secondary N) is 1. The second-order valence-electron chi connectivity index (χ2n) is 6.23. The molecule has 1 N–H and O–H groups in total. The summed E-state index contributed by atoms with van der Waals surface area (Å²) in [7, 11) is 0. The summed E-state index contributed by atoms with van der Waals surface area (Å²) < 4.78 is 5.65. The molecule has 0 fully saturated rings. The first-order valence-corrected chi connectivity index (χ1v) is 8.10. The Kier molecular flexibility index (Phi) is 5.75. The first-order valence-electron chi connectivity index (χ1n) is 8.10. The minimum Gasteiger partial charge on any atom is -0.481 e. The summed E-state index contributed by atoms with van der Waals surface area (Å²) in [5.41, 5.74) is 2.27. The molecule has 25 heavy (non-hydrogen) atoms. The molecule has 6 nitrogen and oxygen atoms in total. The number of hydrogen-bond donors (Lipinski definition) is 1. The quantitative estimate of drug-likeness (QED) is 0.622. The number of carbonyl (C=O) groups excluding carboxylic acids is 1. The molecule has 2 aromatic carbocycles. The van der Waals surface area contributed by atoms with Crippen molar-refractivity contribution in [3.05, 3.63) is 63.7 Å². The number of benzene rings is 2. The molecule has 1 amide bonds. The second kappa shape index (κ2) is 7.79. The Morgan fingerprint density at radius 3 is 2.32 bits per heavy atom. The molecule has 0 radical (unpaired) electrons. The fourth-order valence-electron chi connectivity index (χ4n) is 2.28. The van der Waals surface area contributed by atoms with Gasteiger partial charge in [0.2, 0.25) is 0 Å². The number of amides is 1. The molecular formula is C19H22N2O4. The predicted molar refractivity (Wildman–Crippen MR) is 97.1 cm³/mol. The maximum atomic E-state index is 12.3. The molecule has 0 aliphatic heterocycles. The number of nitro groups is 1. The maximum absolute atomic E-state index is 12.3. The lowest BCUT2D eigenvalue weighted by Gasteiger charge is -2.16. The van der Waals surface area contributed by atoms with E-state index in [4.69, 9.17) is 4.74 Å². The summed E-state index contributed by atoms with van der Waals surface area (Å²) in [4.78, 5) is 22.7. The molecule has 0 heterocycles. The highest BCUT2D eigenvalue weighted by atomic mass is 16.6. The van der Waals surface area contributed by atoms with Crippen LogP contribution in [0, 0.1) is 17.0 Å². The molecule has 0 aliphatic rings. The molecule has 0 saturated carbocycles. The van der Waals surface area contributed by atoms with Crippen molar-refractivity contribution in [1.82, 2.24) is 0 Å². The van der Waals surface area contributed by atoms with E-state index in [9.17, 15) is 14.9 Å². The molecule has 2 aromatic rings. The normalized spacial score (nSPS) is 11.9. The number of aryl methyl sites for hydroxylation is 1. The number of anilines is 1. The highest BCUT2D eigenvalue weighted by Gasteiger charge is 2.17. The van der Waals surface area contributed by atoms with E-state index >= 15 is 0 Å². The van der Waals surface area contributed by atoms with Crippen LogP contribution >= 0.6 is 0 Å². The first-order chi connectivity index (χ1) is 11.8. The van der Waals surface area contributed by atoms with Crippen LogP contribution < -0.4 is 10.1 Å². The van der Waals surface area contributed by atoms with Crippen molar-refractivity contribution in [2.75, 3.05) is 5.32 Å². The van der Waals surface area contributed by atoms with E-state index < -0.39 is 11.0 Å². The number of hydrogen-bond acceptors (Lipinski definition) is 4. The number of rotatable bonds is 6. The molecule has 0 aliphatic carbocycles. The van der Waals surface area contributed by atoms with E-state index in [1.165, 1.54) is 17.7 Å². The van der Waals surface area contributed by atoms with Crippen LogP contribution in [0.3, 0.4) is 0 Å². The third-order valence-electron chi connectivity index (χ3n) is 3.92. The van der Waals surface area contributed by atoms with E-state index in [2.05, 4.69) is 19.2 Å². The summed E-state index contributed by atoms with van der Waals surface area (Å²) in [5, 5.41) is 13.6. The molecule has 132 valence electrons. The molecule has 1 atom stereocenters. The van der Waals surface area contributed by atoms with Crippen LogP contribution in [0.5, 0.6) is 5.75 Å². The van der Waals surface area contributed by atoms with Crippen molar-refractivity contribution in [2.24, 2.45) is 0 Å². The summed E-state index contributed by atoms with van der Waals surface area (Å²) in [6.07, 6.45) is -0.733. The van der Waals surface area contributed by atoms with Crippen molar-refractivity contribution < 1.29 is 14.5 Å². The summed E-state index contributed by atoms with van der Waals surface area (Å²) in [5.74, 6) is 0.658. The van der Waals surface area contributed by atoms with Gasteiger partial charge in [-0.05, 0) is 43.0 Å². The van der Waals surface area contributed by atoms with Crippen molar-refractivity contribution in [3.63, 3.8) is 0 Å². The molecule has 0 spiro atoms. The highest BCUT2D eigenvalue weighted by Crippen LogP contribution is 2.23. The third kappa shape index (κ3) is 4.79. The summed E-state index contributed by atoms with van der Waals surface area (Å²) >= 11 is 0. The second-order valence-corrected chi connectivity index (χ2v) is 6.23. The molecule has 0 unspecified atom stereocenters. The smallest absolute Gasteiger partial charge is 0.271 e. The van der Waals surface area contributed by atoms with Gasteiger partial charge in [-0.1, -0.05) is 32.0 Å². The molecular weight excluding hydrogens is 320 g/mol. The zero-order valence-electron chi connectivity index (χ0n) is 14.8. The lowest BCUT2D eigenvalue weighted by Crippen LogP contribution is -2.30. The Bertz CT molecular complexity index is 769. The van der Waals surface area contributed by atoms with Gasteiger partial charge in [0.05, 0.1) is 10.6 Å². The van der Waals surface area contributed by atoms with Crippen molar-refractivity contribution in [2.45, 2.75) is 39.7 Å². The molecule has 6 heteroatoms. The molecule has 2 rings (SSSR count). The third-order valence-corrected chi connectivity index (χ3v) is 3.92. The number of carbonyl (C=O) groups is 1. The molecule has 0 bridgehead atoms. The van der Waals surface area contributed by atoms with E-state index in [-0.39, 0.29) is 11.6 Å². The van der Waals surface area contributed by atoms with Crippen LogP contribution in [0.25, 0.3) is 0 Å². The van der Waals surface area contributed by atoms with E-state index in [1.54, 1.807) is 19.9 Å². The van der Waals surface area contributed by atoms with Crippen LogP contribution in [0.2, 0.25) is 0 Å².